The highest BCUT2D eigenvalue weighted by Crippen LogP contribution is 2.29. The van der Waals surface area contributed by atoms with Crippen LogP contribution in [0.3, 0.4) is 0 Å². The average Bonchev–Trinajstić information content (AvgIpc) is 2.47. The van der Waals surface area contributed by atoms with Crippen molar-refractivity contribution in [2.45, 2.75) is 26.2 Å². The Morgan fingerprint density at radius 1 is 1.37 bits per heavy atom. The van der Waals surface area contributed by atoms with Crippen molar-refractivity contribution in [1.82, 2.24) is 9.97 Å². The number of anilines is 1. The monoisotopic (exact) mass is 259 g/mol. The van der Waals surface area contributed by atoms with Gasteiger partial charge in [0.2, 0.25) is 0 Å². The van der Waals surface area contributed by atoms with E-state index in [1.807, 2.05) is 6.07 Å². The van der Waals surface area contributed by atoms with Crippen LogP contribution < -0.4 is 4.90 Å². The van der Waals surface area contributed by atoms with Gasteiger partial charge in [0.15, 0.2) is 0 Å². The average molecular weight is 259 g/mol. The molecule has 19 heavy (non-hydrogen) atoms. The van der Waals surface area contributed by atoms with Crippen molar-refractivity contribution in [1.29, 1.82) is 0 Å². The van der Waals surface area contributed by atoms with E-state index in [1.165, 1.54) is 31.7 Å². The SMILES string of the molecule is CCC1CCCN(c2ncnc3c(F)cccc23)C1. The van der Waals surface area contributed by atoms with E-state index in [9.17, 15) is 4.39 Å². The van der Waals surface area contributed by atoms with Crippen LogP contribution in [0.15, 0.2) is 24.5 Å². The summed E-state index contributed by atoms with van der Waals surface area (Å²) in [5.41, 5.74) is 0.422. The standard InChI is InChI=1S/C15H18FN3/c1-2-11-5-4-8-19(9-11)15-12-6-3-7-13(16)14(12)17-10-18-15/h3,6-7,10-11H,2,4-5,8-9H2,1H3. The fourth-order valence-electron chi connectivity index (χ4n) is 2.88. The van der Waals surface area contributed by atoms with Crippen LogP contribution in [0.1, 0.15) is 26.2 Å². The van der Waals surface area contributed by atoms with Crippen LogP contribution in [-0.2, 0) is 0 Å². The molecule has 1 aliphatic heterocycles. The first kappa shape index (κ1) is 12.3. The van der Waals surface area contributed by atoms with Crippen LogP contribution in [0.2, 0.25) is 0 Å². The highest BCUT2D eigenvalue weighted by Gasteiger charge is 2.21. The number of halogens is 1. The zero-order valence-corrected chi connectivity index (χ0v) is 11.1. The van der Waals surface area contributed by atoms with Crippen LogP contribution in [0.4, 0.5) is 10.2 Å². The molecular formula is C15H18FN3. The molecule has 0 bridgehead atoms. The number of fused-ring (bicyclic) bond motifs is 1. The fourth-order valence-corrected chi connectivity index (χ4v) is 2.88. The van der Waals surface area contributed by atoms with Crippen LogP contribution in [0.5, 0.6) is 0 Å². The van der Waals surface area contributed by atoms with Gasteiger partial charge in [-0.25, -0.2) is 14.4 Å². The third kappa shape index (κ3) is 2.27. The van der Waals surface area contributed by atoms with Gasteiger partial charge >= 0.3 is 0 Å². The lowest BCUT2D eigenvalue weighted by Gasteiger charge is -2.33. The Kier molecular flexibility index (Phi) is 3.32. The van der Waals surface area contributed by atoms with E-state index in [4.69, 9.17) is 0 Å². The molecule has 1 unspecified atom stereocenters. The minimum atomic E-state index is -0.273. The van der Waals surface area contributed by atoms with Gasteiger partial charge < -0.3 is 4.90 Å². The van der Waals surface area contributed by atoms with Gasteiger partial charge in [-0.3, -0.25) is 0 Å². The fraction of sp³-hybridized carbons (Fsp3) is 0.467. The topological polar surface area (TPSA) is 29.0 Å². The maximum Gasteiger partial charge on any atom is 0.149 e. The van der Waals surface area contributed by atoms with Crippen LogP contribution in [-0.4, -0.2) is 23.1 Å². The number of piperidine rings is 1. The number of hydrogen-bond acceptors (Lipinski definition) is 3. The molecule has 3 rings (SSSR count). The smallest absolute Gasteiger partial charge is 0.149 e. The molecule has 100 valence electrons. The van der Waals surface area contributed by atoms with E-state index in [0.29, 0.717) is 11.4 Å². The molecule has 1 saturated heterocycles. The second kappa shape index (κ2) is 5.11. The van der Waals surface area contributed by atoms with Gasteiger partial charge in [-0.15, -0.1) is 0 Å². The first-order valence-corrected chi connectivity index (χ1v) is 6.93. The molecule has 0 radical (unpaired) electrons. The molecule has 0 saturated carbocycles. The van der Waals surface area contributed by atoms with Crippen molar-refractivity contribution < 1.29 is 4.39 Å². The predicted molar refractivity (Wildman–Crippen MR) is 74.7 cm³/mol. The summed E-state index contributed by atoms with van der Waals surface area (Å²) in [7, 11) is 0. The minimum absolute atomic E-state index is 0.273. The number of aromatic nitrogens is 2. The number of rotatable bonds is 2. The lowest BCUT2D eigenvalue weighted by molar-refractivity contribution is 0.403. The lowest BCUT2D eigenvalue weighted by Crippen LogP contribution is -2.35. The Hall–Kier alpha value is -1.71. The highest BCUT2D eigenvalue weighted by atomic mass is 19.1. The van der Waals surface area contributed by atoms with Crippen molar-refractivity contribution in [3.8, 4) is 0 Å². The van der Waals surface area contributed by atoms with Crippen molar-refractivity contribution in [2.24, 2.45) is 5.92 Å². The summed E-state index contributed by atoms with van der Waals surface area (Å²) in [5, 5.41) is 0.819. The van der Waals surface area contributed by atoms with Crippen molar-refractivity contribution in [3.63, 3.8) is 0 Å². The lowest BCUT2D eigenvalue weighted by atomic mass is 9.95. The second-order valence-electron chi connectivity index (χ2n) is 5.20. The highest BCUT2D eigenvalue weighted by molar-refractivity contribution is 5.89. The Balaban J connectivity index is 2.03. The van der Waals surface area contributed by atoms with Crippen LogP contribution >= 0.6 is 0 Å². The third-order valence-electron chi connectivity index (χ3n) is 3.99. The molecule has 1 aromatic carbocycles. The summed E-state index contributed by atoms with van der Waals surface area (Å²) < 4.78 is 13.8. The quantitative estimate of drug-likeness (QED) is 0.827. The summed E-state index contributed by atoms with van der Waals surface area (Å²) >= 11 is 0. The number of para-hydroxylation sites is 1. The van der Waals surface area contributed by atoms with Crippen LogP contribution in [0, 0.1) is 11.7 Å². The first-order chi connectivity index (χ1) is 9.29. The largest absolute Gasteiger partial charge is 0.356 e. The van der Waals surface area contributed by atoms with Gasteiger partial charge in [-0.2, -0.15) is 0 Å². The molecule has 0 aliphatic carbocycles. The van der Waals surface area contributed by atoms with E-state index in [2.05, 4.69) is 21.8 Å². The Labute approximate surface area is 112 Å². The van der Waals surface area contributed by atoms with Gasteiger partial charge in [-0.1, -0.05) is 19.4 Å². The first-order valence-electron chi connectivity index (χ1n) is 6.93. The van der Waals surface area contributed by atoms with E-state index in [1.54, 1.807) is 6.07 Å². The van der Waals surface area contributed by atoms with Crippen molar-refractivity contribution >= 4 is 16.7 Å². The molecular weight excluding hydrogens is 241 g/mol. The van der Waals surface area contributed by atoms with Gasteiger partial charge in [-0.05, 0) is 30.9 Å². The van der Waals surface area contributed by atoms with Gasteiger partial charge in [0.1, 0.15) is 23.5 Å². The molecule has 2 aromatic rings. The summed E-state index contributed by atoms with van der Waals surface area (Å²) in [6.07, 6.45) is 5.12. The Bertz CT molecular complexity index is 585. The van der Waals surface area contributed by atoms with Gasteiger partial charge in [0, 0.05) is 18.5 Å². The predicted octanol–water partition coefficient (Wildman–Crippen LogP) is 3.40. The summed E-state index contributed by atoms with van der Waals surface area (Å²) in [4.78, 5) is 10.7. The molecule has 0 N–H and O–H groups in total. The molecule has 1 fully saturated rings. The summed E-state index contributed by atoms with van der Waals surface area (Å²) in [6.45, 7) is 4.24. The van der Waals surface area contributed by atoms with E-state index >= 15 is 0 Å². The van der Waals surface area contributed by atoms with Gasteiger partial charge in [0.05, 0.1) is 0 Å². The molecule has 0 spiro atoms. The maximum atomic E-state index is 13.8. The number of benzene rings is 1. The summed E-state index contributed by atoms with van der Waals surface area (Å²) in [5.74, 6) is 1.32. The van der Waals surface area contributed by atoms with E-state index < -0.39 is 0 Å². The number of hydrogen-bond donors (Lipinski definition) is 0. The van der Waals surface area contributed by atoms with Crippen molar-refractivity contribution in [2.75, 3.05) is 18.0 Å². The maximum absolute atomic E-state index is 13.8. The normalized spacial score (nSPS) is 19.9. The molecule has 1 atom stereocenters. The molecule has 2 heterocycles. The van der Waals surface area contributed by atoms with Gasteiger partial charge in [0.25, 0.3) is 0 Å². The minimum Gasteiger partial charge on any atom is -0.356 e. The third-order valence-corrected chi connectivity index (χ3v) is 3.99. The zero-order chi connectivity index (χ0) is 13.2. The molecule has 4 heteroatoms. The van der Waals surface area contributed by atoms with E-state index in [-0.39, 0.29) is 5.82 Å². The summed E-state index contributed by atoms with van der Waals surface area (Å²) in [6, 6.07) is 5.08. The van der Waals surface area contributed by atoms with Crippen molar-refractivity contribution in [3.05, 3.63) is 30.3 Å². The van der Waals surface area contributed by atoms with E-state index in [0.717, 1.165) is 24.3 Å². The van der Waals surface area contributed by atoms with Crippen LogP contribution in [0.25, 0.3) is 10.9 Å². The second-order valence-corrected chi connectivity index (χ2v) is 5.20. The Morgan fingerprint density at radius 2 is 2.26 bits per heavy atom. The molecule has 1 aliphatic rings. The molecule has 1 aromatic heterocycles. The Morgan fingerprint density at radius 3 is 3.11 bits per heavy atom. The molecule has 3 nitrogen and oxygen atoms in total. The number of nitrogens with zero attached hydrogens (tertiary/aromatic N) is 3. The molecule has 0 amide bonds. The zero-order valence-electron chi connectivity index (χ0n) is 11.1.